The standard InChI is InChI=1S/C21H28FN3O4S2/c1-24(2)31(28,29)18-14-12-17(13-15-18)30(26,27)23-20-11-7-10-19(22)21(20)25(3)16-8-5-4-6-9-16/h7,10-16,23H,4-6,8-9H2,1-3H3. The normalized spacial score (nSPS) is 15.8. The topological polar surface area (TPSA) is 86.8 Å². The predicted molar refractivity (Wildman–Crippen MR) is 120 cm³/mol. The number of halogens is 1. The van der Waals surface area contributed by atoms with Crippen molar-refractivity contribution in [2.24, 2.45) is 0 Å². The molecule has 0 aliphatic heterocycles. The number of anilines is 2. The first-order valence-corrected chi connectivity index (χ1v) is 13.0. The first-order chi connectivity index (χ1) is 14.5. The lowest BCUT2D eigenvalue weighted by Crippen LogP contribution is -2.34. The van der Waals surface area contributed by atoms with E-state index in [1.165, 1.54) is 56.6 Å². The molecule has 0 amide bonds. The fraction of sp³-hybridized carbons (Fsp3) is 0.429. The summed E-state index contributed by atoms with van der Waals surface area (Å²) in [6.45, 7) is 0. The van der Waals surface area contributed by atoms with Gasteiger partial charge in [-0.1, -0.05) is 25.3 Å². The van der Waals surface area contributed by atoms with Crippen LogP contribution in [0.3, 0.4) is 0 Å². The molecule has 2 aromatic rings. The summed E-state index contributed by atoms with van der Waals surface area (Å²) < 4.78 is 68.6. The Labute approximate surface area is 184 Å². The quantitative estimate of drug-likeness (QED) is 0.669. The third-order valence-corrected chi connectivity index (χ3v) is 8.83. The minimum Gasteiger partial charge on any atom is -0.368 e. The van der Waals surface area contributed by atoms with Gasteiger partial charge in [-0.2, -0.15) is 0 Å². The molecule has 0 unspecified atom stereocenters. The molecule has 1 aliphatic carbocycles. The summed E-state index contributed by atoms with van der Waals surface area (Å²) in [6.07, 6.45) is 5.14. The number of sulfonamides is 2. The number of hydrogen-bond donors (Lipinski definition) is 1. The zero-order chi connectivity index (χ0) is 22.8. The highest BCUT2D eigenvalue weighted by Crippen LogP contribution is 2.34. The highest BCUT2D eigenvalue weighted by Gasteiger charge is 2.25. The van der Waals surface area contributed by atoms with E-state index in [9.17, 15) is 21.2 Å². The Morgan fingerprint density at radius 1 is 0.871 bits per heavy atom. The summed E-state index contributed by atoms with van der Waals surface area (Å²) in [5.74, 6) is -0.499. The van der Waals surface area contributed by atoms with Crippen molar-refractivity contribution in [3.63, 3.8) is 0 Å². The molecule has 10 heteroatoms. The van der Waals surface area contributed by atoms with Gasteiger partial charge in [0.05, 0.1) is 21.2 Å². The van der Waals surface area contributed by atoms with Gasteiger partial charge in [-0.3, -0.25) is 4.72 Å². The molecular weight excluding hydrogens is 441 g/mol. The lowest BCUT2D eigenvalue weighted by Gasteiger charge is -2.34. The van der Waals surface area contributed by atoms with Crippen molar-refractivity contribution in [1.29, 1.82) is 0 Å². The van der Waals surface area contributed by atoms with Crippen LogP contribution in [0.5, 0.6) is 0 Å². The van der Waals surface area contributed by atoms with Crippen LogP contribution in [0.2, 0.25) is 0 Å². The maximum atomic E-state index is 14.7. The van der Waals surface area contributed by atoms with E-state index in [2.05, 4.69) is 4.72 Å². The van der Waals surface area contributed by atoms with Crippen molar-refractivity contribution in [2.45, 2.75) is 47.9 Å². The second-order valence-electron chi connectivity index (χ2n) is 7.90. The molecule has 0 spiro atoms. The molecule has 0 bridgehead atoms. The van der Waals surface area contributed by atoms with E-state index in [-0.39, 0.29) is 27.2 Å². The van der Waals surface area contributed by atoms with Crippen LogP contribution < -0.4 is 9.62 Å². The van der Waals surface area contributed by atoms with Gasteiger partial charge in [-0.25, -0.2) is 25.5 Å². The van der Waals surface area contributed by atoms with Crippen LogP contribution in [-0.2, 0) is 20.0 Å². The van der Waals surface area contributed by atoms with E-state index < -0.39 is 25.9 Å². The fourth-order valence-corrected chi connectivity index (χ4v) is 5.78. The molecule has 0 atom stereocenters. The van der Waals surface area contributed by atoms with Crippen molar-refractivity contribution in [3.05, 3.63) is 48.3 Å². The molecule has 1 N–H and O–H groups in total. The molecule has 2 aromatic carbocycles. The second-order valence-corrected chi connectivity index (χ2v) is 11.7. The summed E-state index contributed by atoms with van der Waals surface area (Å²) in [7, 11) is -3.14. The van der Waals surface area contributed by atoms with E-state index in [1.807, 2.05) is 4.90 Å². The molecule has 0 aromatic heterocycles. The Bertz CT molecular complexity index is 1130. The lowest BCUT2D eigenvalue weighted by molar-refractivity contribution is 0.424. The van der Waals surface area contributed by atoms with Gasteiger partial charge in [-0.05, 0) is 49.2 Å². The van der Waals surface area contributed by atoms with Gasteiger partial charge in [-0.15, -0.1) is 0 Å². The second kappa shape index (κ2) is 9.13. The lowest BCUT2D eigenvalue weighted by atomic mass is 9.94. The summed E-state index contributed by atoms with van der Waals surface area (Å²) >= 11 is 0. The van der Waals surface area contributed by atoms with Crippen LogP contribution in [0.25, 0.3) is 0 Å². The Balaban J connectivity index is 1.91. The molecule has 7 nitrogen and oxygen atoms in total. The van der Waals surface area contributed by atoms with Gasteiger partial charge >= 0.3 is 0 Å². The summed E-state index contributed by atoms with van der Waals surface area (Å²) in [5.41, 5.74) is 0.364. The average molecular weight is 470 g/mol. The number of nitrogens with one attached hydrogen (secondary N) is 1. The Hall–Kier alpha value is -2.17. The monoisotopic (exact) mass is 469 g/mol. The van der Waals surface area contributed by atoms with Gasteiger partial charge in [0.2, 0.25) is 10.0 Å². The Morgan fingerprint density at radius 3 is 2.03 bits per heavy atom. The largest absolute Gasteiger partial charge is 0.368 e. The van der Waals surface area contributed by atoms with E-state index >= 15 is 0 Å². The molecule has 1 aliphatic rings. The summed E-state index contributed by atoms with van der Waals surface area (Å²) in [5, 5.41) is 0. The van der Waals surface area contributed by atoms with Gasteiger partial charge in [0, 0.05) is 27.2 Å². The smallest absolute Gasteiger partial charge is 0.261 e. The predicted octanol–water partition coefficient (Wildman–Crippen LogP) is 3.65. The highest BCUT2D eigenvalue weighted by molar-refractivity contribution is 7.92. The molecule has 0 heterocycles. The minimum absolute atomic E-state index is 0.0140. The molecule has 1 saturated carbocycles. The number of rotatable bonds is 7. The van der Waals surface area contributed by atoms with Crippen LogP contribution in [-0.4, -0.2) is 48.3 Å². The van der Waals surface area contributed by atoms with Crippen LogP contribution in [0, 0.1) is 5.82 Å². The molecule has 1 fully saturated rings. The summed E-state index contributed by atoms with van der Waals surface area (Å²) in [6, 6.07) is 9.37. The van der Waals surface area contributed by atoms with Crippen molar-refractivity contribution >= 4 is 31.4 Å². The molecule has 0 radical (unpaired) electrons. The van der Waals surface area contributed by atoms with Crippen molar-refractivity contribution in [1.82, 2.24) is 4.31 Å². The molecule has 170 valence electrons. The highest BCUT2D eigenvalue weighted by atomic mass is 32.2. The van der Waals surface area contributed by atoms with Crippen molar-refractivity contribution in [2.75, 3.05) is 30.8 Å². The van der Waals surface area contributed by atoms with E-state index in [1.54, 1.807) is 7.05 Å². The average Bonchev–Trinajstić information content (AvgIpc) is 2.74. The molecular formula is C21H28FN3O4S2. The van der Waals surface area contributed by atoms with Gasteiger partial charge in [0.15, 0.2) is 0 Å². The Kier molecular flexibility index (Phi) is 6.92. The molecule has 3 rings (SSSR count). The van der Waals surface area contributed by atoms with Gasteiger partial charge < -0.3 is 4.90 Å². The number of benzene rings is 2. The van der Waals surface area contributed by atoms with Crippen molar-refractivity contribution < 1.29 is 21.2 Å². The first kappa shape index (κ1) is 23.5. The van der Waals surface area contributed by atoms with Crippen LogP contribution in [0.1, 0.15) is 32.1 Å². The third-order valence-electron chi connectivity index (χ3n) is 5.62. The molecule has 31 heavy (non-hydrogen) atoms. The van der Waals surface area contributed by atoms with Gasteiger partial charge in [0.25, 0.3) is 10.0 Å². The van der Waals surface area contributed by atoms with Crippen LogP contribution >= 0.6 is 0 Å². The SMILES string of the molecule is CN(c1c(F)cccc1NS(=O)(=O)c1ccc(S(=O)(=O)N(C)C)cc1)C1CCCCC1. The van der Waals surface area contributed by atoms with Crippen LogP contribution in [0.15, 0.2) is 52.3 Å². The number of hydrogen-bond acceptors (Lipinski definition) is 5. The van der Waals surface area contributed by atoms with E-state index in [0.717, 1.165) is 36.4 Å². The number of para-hydroxylation sites is 1. The fourth-order valence-electron chi connectivity index (χ4n) is 3.81. The summed E-state index contributed by atoms with van der Waals surface area (Å²) in [4.78, 5) is 1.69. The van der Waals surface area contributed by atoms with Crippen molar-refractivity contribution in [3.8, 4) is 0 Å². The zero-order valence-electron chi connectivity index (χ0n) is 17.9. The maximum absolute atomic E-state index is 14.7. The minimum atomic E-state index is -4.05. The number of nitrogens with zero attached hydrogens (tertiary/aromatic N) is 2. The Morgan fingerprint density at radius 2 is 1.45 bits per heavy atom. The zero-order valence-corrected chi connectivity index (χ0v) is 19.5. The van der Waals surface area contributed by atoms with Gasteiger partial charge in [0.1, 0.15) is 5.82 Å². The first-order valence-electron chi connectivity index (χ1n) is 10.1. The maximum Gasteiger partial charge on any atom is 0.261 e. The molecule has 0 saturated heterocycles. The van der Waals surface area contributed by atoms with Crippen LogP contribution in [0.4, 0.5) is 15.8 Å². The van der Waals surface area contributed by atoms with E-state index in [0.29, 0.717) is 0 Å². The third kappa shape index (κ3) is 5.02. The van der Waals surface area contributed by atoms with E-state index in [4.69, 9.17) is 0 Å².